The molecule has 1 fully saturated rings. The van der Waals surface area contributed by atoms with Crippen LogP contribution in [-0.2, 0) is 15.0 Å². The number of piperidine rings is 1. The molecule has 6 heteroatoms. The van der Waals surface area contributed by atoms with E-state index in [1.54, 1.807) is 24.0 Å². The van der Waals surface area contributed by atoms with E-state index >= 15 is 0 Å². The van der Waals surface area contributed by atoms with Crippen LogP contribution in [0.2, 0.25) is 0 Å². The first-order valence-corrected chi connectivity index (χ1v) is 10.5. The second-order valence-corrected chi connectivity index (χ2v) is 7.72. The van der Waals surface area contributed by atoms with E-state index in [1.807, 2.05) is 30.3 Å². The zero-order valence-corrected chi connectivity index (χ0v) is 17.4. The number of halogens is 1. The number of hydrogen-bond donors (Lipinski definition) is 1. The third-order valence-electron chi connectivity index (χ3n) is 5.76. The Bertz CT molecular complexity index is 831. The van der Waals surface area contributed by atoms with Crippen molar-refractivity contribution in [1.29, 1.82) is 0 Å². The van der Waals surface area contributed by atoms with Crippen molar-refractivity contribution in [2.24, 2.45) is 0 Å². The summed E-state index contributed by atoms with van der Waals surface area (Å²) in [5, 5.41) is 3.09. The van der Waals surface area contributed by atoms with Gasteiger partial charge in [0.05, 0.1) is 12.0 Å². The minimum atomic E-state index is -0.599. The Morgan fingerprint density at radius 2 is 1.70 bits per heavy atom. The quantitative estimate of drug-likeness (QED) is 0.673. The van der Waals surface area contributed by atoms with Gasteiger partial charge < -0.3 is 15.0 Å². The molecule has 1 saturated heterocycles. The van der Waals surface area contributed by atoms with E-state index in [4.69, 9.17) is 4.74 Å². The maximum atomic E-state index is 13.2. The molecule has 30 heavy (non-hydrogen) atoms. The molecule has 1 heterocycles. The first-order valence-electron chi connectivity index (χ1n) is 10.5. The summed E-state index contributed by atoms with van der Waals surface area (Å²) in [6.07, 6.45) is 2.82. The number of benzene rings is 2. The minimum absolute atomic E-state index is 0.0244. The van der Waals surface area contributed by atoms with Crippen LogP contribution in [0.5, 0.6) is 5.75 Å². The van der Waals surface area contributed by atoms with Crippen LogP contribution in [0.3, 0.4) is 0 Å². The van der Waals surface area contributed by atoms with Crippen molar-refractivity contribution in [2.75, 3.05) is 26.2 Å². The number of rotatable bonds is 8. The maximum absolute atomic E-state index is 13.2. The number of carbonyl (C=O) groups is 2. The molecule has 5 nitrogen and oxygen atoms in total. The van der Waals surface area contributed by atoms with E-state index in [2.05, 4.69) is 5.32 Å². The van der Waals surface area contributed by atoms with Gasteiger partial charge in [0.15, 0.2) is 0 Å². The predicted octanol–water partition coefficient (Wildman–Crippen LogP) is 3.68. The van der Waals surface area contributed by atoms with Crippen molar-refractivity contribution in [3.63, 3.8) is 0 Å². The fraction of sp³-hybridized carbons (Fsp3) is 0.417. The van der Waals surface area contributed by atoms with Gasteiger partial charge in [-0.25, -0.2) is 4.39 Å². The van der Waals surface area contributed by atoms with E-state index in [0.29, 0.717) is 44.8 Å². The molecule has 0 saturated carbocycles. The van der Waals surface area contributed by atoms with Crippen molar-refractivity contribution in [1.82, 2.24) is 10.2 Å². The fourth-order valence-corrected chi connectivity index (χ4v) is 3.93. The van der Waals surface area contributed by atoms with Crippen LogP contribution < -0.4 is 10.1 Å². The second kappa shape index (κ2) is 10.2. The molecule has 2 aromatic rings. The number of carbonyl (C=O) groups excluding carboxylic acids is 2. The van der Waals surface area contributed by atoms with Crippen LogP contribution >= 0.6 is 0 Å². The number of unbranched alkanes of at least 4 members (excludes halogenated alkanes) is 1. The van der Waals surface area contributed by atoms with Crippen LogP contribution in [0.25, 0.3) is 0 Å². The topological polar surface area (TPSA) is 58.6 Å². The molecule has 0 bridgehead atoms. The monoisotopic (exact) mass is 412 g/mol. The molecule has 0 spiro atoms. The number of likely N-dealkylation sites (tertiary alicyclic amines) is 1. The van der Waals surface area contributed by atoms with E-state index in [-0.39, 0.29) is 17.6 Å². The molecule has 1 N–H and O–H groups in total. The lowest BCUT2D eigenvalue weighted by atomic mass is 9.72. The summed E-state index contributed by atoms with van der Waals surface area (Å²) in [5.74, 6) is 0.432. The molecular weight excluding hydrogens is 383 g/mol. The highest BCUT2D eigenvalue weighted by molar-refractivity contribution is 5.88. The Hall–Kier alpha value is -2.89. The number of nitrogens with zero attached hydrogens (tertiary/aromatic N) is 1. The number of amides is 2. The first-order chi connectivity index (χ1) is 14.5. The highest BCUT2D eigenvalue weighted by atomic mass is 19.1. The summed E-state index contributed by atoms with van der Waals surface area (Å²) in [5.41, 5.74) is 0.406. The van der Waals surface area contributed by atoms with Gasteiger partial charge in [0, 0.05) is 26.6 Å². The summed E-state index contributed by atoms with van der Waals surface area (Å²) >= 11 is 0. The summed E-state index contributed by atoms with van der Waals surface area (Å²) in [4.78, 5) is 26.7. The highest BCUT2D eigenvalue weighted by Gasteiger charge is 2.43. The van der Waals surface area contributed by atoms with Gasteiger partial charge in [-0.05, 0) is 55.5 Å². The lowest BCUT2D eigenvalue weighted by Gasteiger charge is -2.40. The number of hydrogen-bond acceptors (Lipinski definition) is 3. The van der Waals surface area contributed by atoms with Crippen molar-refractivity contribution in [3.05, 3.63) is 66.0 Å². The van der Waals surface area contributed by atoms with Crippen LogP contribution in [0, 0.1) is 5.82 Å². The molecule has 160 valence electrons. The molecule has 1 aliphatic rings. The normalized spacial score (nSPS) is 15.5. The van der Waals surface area contributed by atoms with Crippen molar-refractivity contribution in [2.45, 2.75) is 38.0 Å². The van der Waals surface area contributed by atoms with Crippen molar-refractivity contribution < 1.29 is 18.7 Å². The van der Waals surface area contributed by atoms with Gasteiger partial charge in [0.1, 0.15) is 11.6 Å². The molecule has 0 radical (unpaired) electrons. The summed E-state index contributed by atoms with van der Waals surface area (Å²) in [6, 6.07) is 15.8. The average Bonchev–Trinajstić information content (AvgIpc) is 2.77. The van der Waals surface area contributed by atoms with Crippen LogP contribution in [0.4, 0.5) is 4.39 Å². The Balaban J connectivity index is 1.50. The lowest BCUT2D eigenvalue weighted by Crippen LogP contribution is -2.52. The van der Waals surface area contributed by atoms with Gasteiger partial charge in [-0.2, -0.15) is 0 Å². The average molecular weight is 413 g/mol. The number of nitrogens with one attached hydrogen (secondary N) is 1. The second-order valence-electron chi connectivity index (χ2n) is 7.72. The Morgan fingerprint density at radius 3 is 2.33 bits per heavy atom. The Kier molecular flexibility index (Phi) is 7.44. The van der Waals surface area contributed by atoms with E-state index in [9.17, 15) is 14.0 Å². The van der Waals surface area contributed by atoms with Crippen LogP contribution in [0.1, 0.15) is 38.2 Å². The molecule has 0 unspecified atom stereocenters. The first kappa shape index (κ1) is 21.8. The Morgan fingerprint density at radius 1 is 1.03 bits per heavy atom. The van der Waals surface area contributed by atoms with Crippen LogP contribution in [-0.4, -0.2) is 43.0 Å². The van der Waals surface area contributed by atoms with E-state index in [0.717, 1.165) is 18.4 Å². The summed E-state index contributed by atoms with van der Waals surface area (Å²) in [6.45, 7) is 3.82. The molecule has 0 aliphatic carbocycles. The maximum Gasteiger partial charge on any atom is 0.230 e. The minimum Gasteiger partial charge on any atom is -0.494 e. The molecule has 2 aromatic carbocycles. The van der Waals surface area contributed by atoms with E-state index < -0.39 is 5.41 Å². The molecule has 0 aromatic heterocycles. The number of ether oxygens (including phenoxy) is 1. The predicted molar refractivity (Wildman–Crippen MR) is 114 cm³/mol. The Labute approximate surface area is 177 Å². The highest BCUT2D eigenvalue weighted by Crippen LogP contribution is 2.36. The lowest BCUT2D eigenvalue weighted by molar-refractivity contribution is -0.135. The van der Waals surface area contributed by atoms with Crippen molar-refractivity contribution >= 4 is 11.8 Å². The van der Waals surface area contributed by atoms with Crippen molar-refractivity contribution in [3.8, 4) is 5.75 Å². The molecule has 1 aliphatic heterocycles. The standard InChI is InChI=1S/C24H29FN2O3/c1-19(28)27-16-13-24(14-17-27,20-7-3-2-4-8-20)23(29)26-15-5-6-18-30-22-11-9-21(25)10-12-22/h2-4,7-12H,5-6,13-18H2,1H3,(H,26,29). The van der Waals surface area contributed by atoms with E-state index in [1.165, 1.54) is 12.1 Å². The third kappa shape index (κ3) is 5.38. The fourth-order valence-electron chi connectivity index (χ4n) is 3.93. The van der Waals surface area contributed by atoms with Gasteiger partial charge in [0.2, 0.25) is 11.8 Å². The van der Waals surface area contributed by atoms with Gasteiger partial charge >= 0.3 is 0 Å². The molecule has 0 atom stereocenters. The van der Waals surface area contributed by atoms with Gasteiger partial charge in [-0.3, -0.25) is 9.59 Å². The molecular formula is C24H29FN2O3. The summed E-state index contributed by atoms with van der Waals surface area (Å²) in [7, 11) is 0. The van der Waals surface area contributed by atoms with Crippen LogP contribution in [0.15, 0.2) is 54.6 Å². The largest absolute Gasteiger partial charge is 0.494 e. The third-order valence-corrected chi connectivity index (χ3v) is 5.76. The molecule has 3 rings (SSSR count). The SMILES string of the molecule is CC(=O)N1CCC(C(=O)NCCCCOc2ccc(F)cc2)(c2ccccc2)CC1. The smallest absolute Gasteiger partial charge is 0.230 e. The zero-order chi connectivity index (χ0) is 21.4. The molecule has 2 amide bonds. The van der Waals surface area contributed by atoms with Gasteiger partial charge in [-0.15, -0.1) is 0 Å². The van der Waals surface area contributed by atoms with Gasteiger partial charge in [-0.1, -0.05) is 30.3 Å². The summed E-state index contributed by atoms with van der Waals surface area (Å²) < 4.78 is 18.5. The van der Waals surface area contributed by atoms with Gasteiger partial charge in [0.25, 0.3) is 0 Å². The zero-order valence-electron chi connectivity index (χ0n) is 17.4.